The second-order valence-corrected chi connectivity index (χ2v) is 12.2. The number of nitrogens with two attached hydrogens (primary N) is 1. The molecule has 2 amide bonds. The number of nitrogens with one attached hydrogen (secondary N) is 3. The number of amides is 2. The molecule has 2 aromatic carbocycles. The lowest BCUT2D eigenvalue weighted by Crippen LogP contribution is -2.52. The molecule has 2 aliphatic heterocycles. The van der Waals surface area contributed by atoms with Crippen molar-refractivity contribution >= 4 is 11.8 Å². The SMILES string of the molecule is CC1C=CC2=C(CN[C@@H](C(=O)NC[C@@H]3CCN(CC(c4ccccc4)c4ccccc4)C(=O)[C@H](CCCCN)N3)C2)C1. The number of allylic oxidation sites excluding steroid dienone is 2. The maximum Gasteiger partial charge on any atom is 0.239 e. The Labute approximate surface area is 251 Å². The van der Waals surface area contributed by atoms with Gasteiger partial charge in [0.25, 0.3) is 0 Å². The fourth-order valence-electron chi connectivity index (χ4n) is 6.57. The van der Waals surface area contributed by atoms with Crippen molar-refractivity contribution in [3.63, 3.8) is 0 Å². The fourth-order valence-corrected chi connectivity index (χ4v) is 6.57. The Morgan fingerprint density at radius 2 is 1.76 bits per heavy atom. The van der Waals surface area contributed by atoms with E-state index in [4.69, 9.17) is 5.73 Å². The molecule has 2 heterocycles. The first-order chi connectivity index (χ1) is 20.5. The van der Waals surface area contributed by atoms with Crippen LogP contribution < -0.4 is 21.7 Å². The Bertz CT molecular complexity index is 1210. The maximum atomic E-state index is 13.9. The van der Waals surface area contributed by atoms with Crippen molar-refractivity contribution in [1.29, 1.82) is 0 Å². The van der Waals surface area contributed by atoms with Crippen LogP contribution in [0.15, 0.2) is 84.0 Å². The normalized spacial score (nSPS) is 24.5. The highest BCUT2D eigenvalue weighted by atomic mass is 16.2. The van der Waals surface area contributed by atoms with Gasteiger partial charge in [0.15, 0.2) is 0 Å². The Hall–Kier alpha value is -3.26. The lowest BCUT2D eigenvalue weighted by Gasteiger charge is -2.30. The summed E-state index contributed by atoms with van der Waals surface area (Å²) in [5.41, 5.74) is 10.9. The van der Waals surface area contributed by atoms with Gasteiger partial charge >= 0.3 is 0 Å². The summed E-state index contributed by atoms with van der Waals surface area (Å²) in [6.07, 6.45) is 9.57. The number of unbranched alkanes of at least 4 members (excludes halogenated alkanes) is 1. The lowest BCUT2D eigenvalue weighted by atomic mass is 9.85. The molecule has 2 aromatic rings. The van der Waals surface area contributed by atoms with Gasteiger partial charge in [0, 0.05) is 38.1 Å². The molecule has 4 atom stereocenters. The smallest absolute Gasteiger partial charge is 0.239 e. The summed E-state index contributed by atoms with van der Waals surface area (Å²) < 4.78 is 0. The Balaban J connectivity index is 1.25. The predicted octanol–water partition coefficient (Wildman–Crippen LogP) is 3.88. The summed E-state index contributed by atoms with van der Waals surface area (Å²) in [6, 6.07) is 20.4. The van der Waals surface area contributed by atoms with Crippen molar-refractivity contribution in [3.05, 3.63) is 95.1 Å². The third-order valence-corrected chi connectivity index (χ3v) is 9.02. The summed E-state index contributed by atoms with van der Waals surface area (Å²) in [5, 5.41) is 10.3. The molecule has 0 saturated carbocycles. The minimum atomic E-state index is -0.289. The van der Waals surface area contributed by atoms with Gasteiger partial charge in [-0.1, -0.05) is 91.7 Å². The first kappa shape index (κ1) is 30.2. The molecule has 1 unspecified atom stereocenters. The van der Waals surface area contributed by atoms with Crippen LogP contribution in [-0.4, -0.2) is 67.6 Å². The highest BCUT2D eigenvalue weighted by molar-refractivity contribution is 5.83. The molecular formula is C35H47N5O2. The van der Waals surface area contributed by atoms with Crippen molar-refractivity contribution < 1.29 is 9.59 Å². The standard InChI is InChI=1S/C35H47N5O2/c1-25-15-16-28-21-33(37-22-29(28)20-25)34(41)38-23-30-17-19-40(35(42)32(39-30)14-8-9-18-36)24-31(26-10-4-2-5-11-26)27-12-6-3-7-13-27/h2-7,10-13,15-16,25,30-33,37,39H,8-9,14,17-24,36H2,1H3,(H,38,41)/t25?,30-,32-,33+/m0/s1. The third kappa shape index (κ3) is 7.77. The Kier molecular flexibility index (Phi) is 10.6. The summed E-state index contributed by atoms with van der Waals surface area (Å²) in [6.45, 7) is 5.41. The zero-order valence-electron chi connectivity index (χ0n) is 24.9. The second-order valence-electron chi connectivity index (χ2n) is 12.2. The molecule has 0 spiro atoms. The van der Waals surface area contributed by atoms with E-state index in [9.17, 15) is 9.59 Å². The average Bonchev–Trinajstić information content (AvgIpc) is 3.17. The van der Waals surface area contributed by atoms with Crippen LogP contribution in [0.4, 0.5) is 0 Å². The van der Waals surface area contributed by atoms with E-state index in [1.54, 1.807) is 0 Å². The zero-order chi connectivity index (χ0) is 29.3. The molecule has 0 bridgehead atoms. The molecule has 0 radical (unpaired) electrons. The number of hydrogen-bond acceptors (Lipinski definition) is 5. The van der Waals surface area contributed by atoms with E-state index in [1.165, 1.54) is 22.3 Å². The Morgan fingerprint density at radius 1 is 1.05 bits per heavy atom. The van der Waals surface area contributed by atoms with Crippen LogP contribution in [0.3, 0.4) is 0 Å². The first-order valence-electron chi connectivity index (χ1n) is 15.8. The maximum absolute atomic E-state index is 13.9. The van der Waals surface area contributed by atoms with E-state index in [1.807, 2.05) is 17.0 Å². The lowest BCUT2D eigenvalue weighted by molar-refractivity contribution is -0.133. The summed E-state index contributed by atoms with van der Waals surface area (Å²) in [7, 11) is 0. The first-order valence-corrected chi connectivity index (χ1v) is 15.8. The molecule has 42 heavy (non-hydrogen) atoms. The number of rotatable bonds is 11. The Morgan fingerprint density at radius 3 is 2.45 bits per heavy atom. The van der Waals surface area contributed by atoms with Gasteiger partial charge in [0.1, 0.15) is 0 Å². The second kappa shape index (κ2) is 14.8. The van der Waals surface area contributed by atoms with Crippen LogP contribution in [-0.2, 0) is 9.59 Å². The van der Waals surface area contributed by atoms with Gasteiger partial charge < -0.3 is 26.6 Å². The van der Waals surface area contributed by atoms with Crippen molar-refractivity contribution in [3.8, 4) is 0 Å². The molecule has 1 fully saturated rings. The molecule has 5 N–H and O–H groups in total. The van der Waals surface area contributed by atoms with Crippen molar-refractivity contribution in [2.24, 2.45) is 11.7 Å². The molecule has 7 heteroatoms. The molecule has 224 valence electrons. The van der Waals surface area contributed by atoms with Gasteiger partial charge in [-0.15, -0.1) is 0 Å². The van der Waals surface area contributed by atoms with Crippen LogP contribution >= 0.6 is 0 Å². The van der Waals surface area contributed by atoms with Gasteiger partial charge in [0.2, 0.25) is 11.8 Å². The topological polar surface area (TPSA) is 99.5 Å². The molecular weight excluding hydrogens is 522 g/mol. The van der Waals surface area contributed by atoms with E-state index in [-0.39, 0.29) is 35.9 Å². The third-order valence-electron chi connectivity index (χ3n) is 9.02. The highest BCUT2D eigenvalue weighted by Crippen LogP contribution is 2.29. The monoisotopic (exact) mass is 569 g/mol. The predicted molar refractivity (Wildman–Crippen MR) is 169 cm³/mol. The van der Waals surface area contributed by atoms with Gasteiger partial charge in [-0.05, 0) is 61.3 Å². The number of carbonyl (C=O) groups is 2. The van der Waals surface area contributed by atoms with E-state index in [0.717, 1.165) is 45.1 Å². The zero-order valence-corrected chi connectivity index (χ0v) is 24.9. The highest BCUT2D eigenvalue weighted by Gasteiger charge is 2.33. The van der Waals surface area contributed by atoms with E-state index < -0.39 is 0 Å². The summed E-state index contributed by atoms with van der Waals surface area (Å²) in [4.78, 5) is 29.2. The van der Waals surface area contributed by atoms with Crippen LogP contribution in [0.25, 0.3) is 0 Å². The molecule has 7 nitrogen and oxygen atoms in total. The molecule has 3 aliphatic rings. The number of carbonyl (C=O) groups excluding carboxylic acids is 2. The van der Waals surface area contributed by atoms with Crippen LogP contribution in [0, 0.1) is 5.92 Å². The van der Waals surface area contributed by atoms with E-state index >= 15 is 0 Å². The van der Waals surface area contributed by atoms with E-state index in [0.29, 0.717) is 32.1 Å². The largest absolute Gasteiger partial charge is 0.353 e. The molecule has 5 rings (SSSR count). The summed E-state index contributed by atoms with van der Waals surface area (Å²) >= 11 is 0. The summed E-state index contributed by atoms with van der Waals surface area (Å²) in [5.74, 6) is 0.832. The van der Waals surface area contributed by atoms with Gasteiger partial charge in [-0.3, -0.25) is 9.59 Å². The molecule has 1 aliphatic carbocycles. The van der Waals surface area contributed by atoms with Crippen LogP contribution in [0.2, 0.25) is 0 Å². The van der Waals surface area contributed by atoms with Crippen LogP contribution in [0.5, 0.6) is 0 Å². The number of benzene rings is 2. The van der Waals surface area contributed by atoms with Gasteiger partial charge in [-0.25, -0.2) is 0 Å². The fraction of sp³-hybridized carbons (Fsp3) is 0.486. The minimum absolute atomic E-state index is 0.0199. The van der Waals surface area contributed by atoms with E-state index in [2.05, 4.69) is 83.6 Å². The number of hydrogen-bond donors (Lipinski definition) is 4. The average molecular weight is 570 g/mol. The quantitative estimate of drug-likeness (QED) is 0.308. The number of nitrogens with zero attached hydrogens (tertiary/aromatic N) is 1. The minimum Gasteiger partial charge on any atom is -0.353 e. The molecule has 1 saturated heterocycles. The molecule has 0 aromatic heterocycles. The van der Waals surface area contributed by atoms with Crippen molar-refractivity contribution in [1.82, 2.24) is 20.9 Å². The van der Waals surface area contributed by atoms with Crippen LogP contribution in [0.1, 0.15) is 62.5 Å². The van der Waals surface area contributed by atoms with Crippen molar-refractivity contribution in [2.75, 3.05) is 32.7 Å². The van der Waals surface area contributed by atoms with Crippen molar-refractivity contribution in [2.45, 2.75) is 69.5 Å². The van der Waals surface area contributed by atoms with Gasteiger partial charge in [0.05, 0.1) is 12.1 Å². The van der Waals surface area contributed by atoms with Gasteiger partial charge in [-0.2, -0.15) is 0 Å².